The van der Waals surface area contributed by atoms with E-state index in [1.54, 1.807) is 4.90 Å². The molecule has 1 aromatic rings. The van der Waals surface area contributed by atoms with Crippen LogP contribution in [-0.4, -0.2) is 71.7 Å². The van der Waals surface area contributed by atoms with Crippen LogP contribution in [0.1, 0.15) is 31.3 Å². The number of nitrogens with zero attached hydrogens (tertiary/aromatic N) is 2. The summed E-state index contributed by atoms with van der Waals surface area (Å²) in [4.78, 5) is 30.6. The molecule has 2 N–H and O–H groups in total. The van der Waals surface area contributed by atoms with Gasteiger partial charge in [-0.25, -0.2) is 4.79 Å². The summed E-state index contributed by atoms with van der Waals surface area (Å²) in [6, 6.07) is 1.50. The second kappa shape index (κ2) is 8.29. The lowest BCUT2D eigenvalue weighted by molar-refractivity contribution is 0.0147. The van der Waals surface area contributed by atoms with Crippen LogP contribution in [0.5, 0.6) is 0 Å². The second-order valence-corrected chi connectivity index (χ2v) is 7.70. The van der Waals surface area contributed by atoms with Crippen molar-refractivity contribution in [1.29, 1.82) is 0 Å². The van der Waals surface area contributed by atoms with Crippen LogP contribution < -0.4 is 5.32 Å². The summed E-state index contributed by atoms with van der Waals surface area (Å²) in [6.45, 7) is 9.49. The van der Waals surface area contributed by atoms with Gasteiger partial charge in [-0.05, 0) is 26.8 Å². The van der Waals surface area contributed by atoms with E-state index < -0.39 is 5.60 Å². The number of H-pyrrole nitrogens is 1. The van der Waals surface area contributed by atoms with Crippen molar-refractivity contribution < 1.29 is 14.3 Å². The monoisotopic (exact) mass is 390 g/mol. The molecule has 2 amide bonds. The van der Waals surface area contributed by atoms with Crippen LogP contribution in [0, 0.1) is 0 Å². The third-order valence-electron chi connectivity index (χ3n) is 3.71. The van der Waals surface area contributed by atoms with Crippen LogP contribution >= 0.6 is 23.2 Å². The quantitative estimate of drug-likeness (QED) is 0.827. The van der Waals surface area contributed by atoms with Gasteiger partial charge in [0, 0.05) is 39.3 Å². The largest absolute Gasteiger partial charge is 0.444 e. The van der Waals surface area contributed by atoms with Crippen molar-refractivity contribution in [3.63, 3.8) is 0 Å². The van der Waals surface area contributed by atoms with Crippen LogP contribution in [0.25, 0.3) is 0 Å². The number of hydrogen-bond acceptors (Lipinski definition) is 4. The van der Waals surface area contributed by atoms with Gasteiger partial charge in [0.1, 0.15) is 16.4 Å². The van der Waals surface area contributed by atoms with Crippen molar-refractivity contribution in [3.05, 3.63) is 21.9 Å². The van der Waals surface area contributed by atoms with E-state index in [2.05, 4.69) is 15.2 Å². The van der Waals surface area contributed by atoms with Crippen molar-refractivity contribution in [2.24, 2.45) is 0 Å². The zero-order valence-electron chi connectivity index (χ0n) is 14.7. The van der Waals surface area contributed by atoms with Gasteiger partial charge in [-0.2, -0.15) is 0 Å². The molecule has 1 aromatic heterocycles. The number of aromatic amines is 1. The molecule has 0 radical (unpaired) electrons. The molecule has 2 rings (SSSR count). The maximum absolute atomic E-state index is 12.0. The minimum absolute atomic E-state index is 0.249. The van der Waals surface area contributed by atoms with Gasteiger partial charge in [0.25, 0.3) is 5.91 Å². The summed E-state index contributed by atoms with van der Waals surface area (Å²) < 4.78 is 5.37. The first-order valence-corrected chi connectivity index (χ1v) is 8.94. The van der Waals surface area contributed by atoms with Gasteiger partial charge in [0.2, 0.25) is 0 Å². The fourth-order valence-corrected chi connectivity index (χ4v) is 2.74. The van der Waals surface area contributed by atoms with Crippen molar-refractivity contribution in [3.8, 4) is 0 Å². The Bertz CT molecular complexity index is 600. The molecule has 25 heavy (non-hydrogen) atoms. The smallest absolute Gasteiger partial charge is 0.410 e. The van der Waals surface area contributed by atoms with Crippen LogP contribution in [0.4, 0.5) is 4.79 Å². The zero-order chi connectivity index (χ0) is 18.6. The van der Waals surface area contributed by atoms with Gasteiger partial charge >= 0.3 is 6.09 Å². The van der Waals surface area contributed by atoms with E-state index >= 15 is 0 Å². The van der Waals surface area contributed by atoms with Gasteiger partial charge in [-0.3, -0.25) is 9.69 Å². The number of aromatic nitrogens is 1. The number of carbonyl (C=O) groups is 2. The molecule has 1 aliphatic heterocycles. The van der Waals surface area contributed by atoms with Gasteiger partial charge in [-0.1, -0.05) is 23.2 Å². The Balaban J connectivity index is 1.68. The number of nitrogens with one attached hydrogen (secondary N) is 2. The summed E-state index contributed by atoms with van der Waals surface area (Å²) in [5.74, 6) is -0.249. The molecule has 0 aromatic carbocycles. The predicted octanol–water partition coefficient (Wildman–Crippen LogP) is 2.60. The van der Waals surface area contributed by atoms with Crippen molar-refractivity contribution in [2.45, 2.75) is 26.4 Å². The molecule has 0 bridgehead atoms. The number of halogens is 2. The van der Waals surface area contributed by atoms with E-state index in [1.807, 2.05) is 20.8 Å². The minimum Gasteiger partial charge on any atom is -0.444 e. The zero-order valence-corrected chi connectivity index (χ0v) is 16.2. The molecular weight excluding hydrogens is 367 g/mol. The third kappa shape index (κ3) is 6.09. The lowest BCUT2D eigenvalue weighted by atomic mass is 10.2. The van der Waals surface area contributed by atoms with E-state index in [9.17, 15) is 9.59 Å². The lowest BCUT2D eigenvalue weighted by Crippen LogP contribution is -2.51. The number of amides is 2. The van der Waals surface area contributed by atoms with Crippen LogP contribution in [0.3, 0.4) is 0 Å². The van der Waals surface area contributed by atoms with E-state index in [4.69, 9.17) is 27.9 Å². The van der Waals surface area contributed by atoms with Crippen LogP contribution in [-0.2, 0) is 4.74 Å². The summed E-state index contributed by atoms with van der Waals surface area (Å²) in [6.07, 6.45) is -0.277. The van der Waals surface area contributed by atoms with E-state index in [1.165, 1.54) is 6.07 Å². The van der Waals surface area contributed by atoms with Gasteiger partial charge in [0.05, 0.1) is 5.02 Å². The Morgan fingerprint density at radius 3 is 2.40 bits per heavy atom. The van der Waals surface area contributed by atoms with Gasteiger partial charge in [0.15, 0.2) is 0 Å². The first-order chi connectivity index (χ1) is 11.7. The summed E-state index contributed by atoms with van der Waals surface area (Å²) >= 11 is 11.6. The standard InChI is InChI=1S/C16H24Cl2N4O3/c1-16(2,3)25-15(24)22-8-6-21(7-9-22)5-4-19-14(23)12-10-11(17)13(18)20-12/h10,20H,4-9H2,1-3H3,(H,19,23). The molecular formula is C16H24Cl2N4O3. The highest BCUT2D eigenvalue weighted by molar-refractivity contribution is 6.41. The molecule has 0 atom stereocenters. The van der Waals surface area contributed by atoms with Gasteiger partial charge in [-0.15, -0.1) is 0 Å². The Labute approximate surface area is 157 Å². The molecule has 140 valence electrons. The highest BCUT2D eigenvalue weighted by atomic mass is 35.5. The molecule has 0 spiro atoms. The maximum atomic E-state index is 12.0. The number of piperazine rings is 1. The summed E-state index contributed by atoms with van der Waals surface area (Å²) in [5.41, 5.74) is -0.146. The first kappa shape index (κ1) is 19.9. The normalized spacial score (nSPS) is 16.0. The molecule has 0 aliphatic carbocycles. The molecule has 1 saturated heterocycles. The minimum atomic E-state index is -0.484. The number of hydrogen-bond donors (Lipinski definition) is 2. The Kier molecular flexibility index (Phi) is 6.59. The van der Waals surface area contributed by atoms with Gasteiger partial charge < -0.3 is 19.9 Å². The molecule has 0 unspecified atom stereocenters. The Hall–Kier alpha value is -1.44. The average Bonchev–Trinajstić information content (AvgIpc) is 2.86. The Morgan fingerprint density at radius 2 is 1.88 bits per heavy atom. The molecule has 2 heterocycles. The third-order valence-corrected chi connectivity index (χ3v) is 4.40. The molecule has 1 fully saturated rings. The number of ether oxygens (including phenoxy) is 1. The Morgan fingerprint density at radius 1 is 1.24 bits per heavy atom. The van der Waals surface area contributed by atoms with E-state index in [-0.39, 0.29) is 17.2 Å². The summed E-state index contributed by atoms with van der Waals surface area (Å²) in [7, 11) is 0. The molecule has 7 nitrogen and oxygen atoms in total. The van der Waals surface area contributed by atoms with E-state index in [0.29, 0.717) is 36.9 Å². The van der Waals surface area contributed by atoms with Crippen molar-refractivity contribution in [1.82, 2.24) is 20.1 Å². The van der Waals surface area contributed by atoms with E-state index in [0.717, 1.165) is 13.1 Å². The fourth-order valence-electron chi connectivity index (χ4n) is 2.43. The fraction of sp³-hybridized carbons (Fsp3) is 0.625. The van der Waals surface area contributed by atoms with Crippen molar-refractivity contribution >= 4 is 35.2 Å². The summed E-state index contributed by atoms with van der Waals surface area (Å²) in [5, 5.41) is 3.40. The highest BCUT2D eigenvalue weighted by Crippen LogP contribution is 2.21. The number of carbonyl (C=O) groups excluding carboxylic acids is 2. The van der Waals surface area contributed by atoms with Crippen LogP contribution in [0.2, 0.25) is 10.2 Å². The van der Waals surface area contributed by atoms with Crippen LogP contribution in [0.15, 0.2) is 6.07 Å². The highest BCUT2D eigenvalue weighted by Gasteiger charge is 2.25. The topological polar surface area (TPSA) is 77.7 Å². The average molecular weight is 391 g/mol. The second-order valence-electron chi connectivity index (χ2n) is 6.91. The molecule has 0 saturated carbocycles. The molecule has 1 aliphatic rings. The maximum Gasteiger partial charge on any atom is 0.410 e. The first-order valence-electron chi connectivity index (χ1n) is 8.18. The number of rotatable bonds is 4. The SMILES string of the molecule is CC(C)(C)OC(=O)N1CCN(CCNC(=O)c2cc(Cl)c(Cl)[nH]2)CC1. The van der Waals surface area contributed by atoms with Crippen molar-refractivity contribution in [2.75, 3.05) is 39.3 Å². The lowest BCUT2D eigenvalue weighted by Gasteiger charge is -2.35. The predicted molar refractivity (Wildman–Crippen MR) is 97.4 cm³/mol. The molecule has 9 heteroatoms.